The smallest absolute Gasteiger partial charge is 0.449 e. The lowest BCUT2D eigenvalue weighted by molar-refractivity contribution is 0.0975. The van der Waals surface area contributed by atoms with Gasteiger partial charge in [0.05, 0.1) is 17.6 Å². The Morgan fingerprint density at radius 3 is 1.77 bits per heavy atom. The predicted molar refractivity (Wildman–Crippen MR) is 160 cm³/mol. The molecule has 1 heterocycles. The maximum absolute atomic E-state index is 13.4. The molecule has 0 unspecified atom stereocenters. The molecule has 0 atom stereocenters. The zero-order valence-electron chi connectivity index (χ0n) is 23.8. The Hall–Kier alpha value is -3.08. The van der Waals surface area contributed by atoms with Crippen molar-refractivity contribution in [3.05, 3.63) is 65.7 Å². The average molecular weight is 534 g/mol. The fraction of sp³-hybridized carbons (Fsp3) is 0.529. The Kier molecular flexibility index (Phi) is 13.7. The SMILES string of the molecule is CCCCCCCCCCCCCCCCCC(=O)c1c(OC(=O)O)n(Cc2ccccc2)c2ccccc12. The van der Waals surface area contributed by atoms with E-state index in [1.54, 1.807) is 4.57 Å². The number of fused-ring (bicyclic) bond motifs is 1. The van der Waals surface area contributed by atoms with E-state index in [2.05, 4.69) is 6.92 Å². The Morgan fingerprint density at radius 1 is 0.692 bits per heavy atom. The van der Waals surface area contributed by atoms with Crippen LogP contribution >= 0.6 is 0 Å². The third-order valence-corrected chi connectivity index (χ3v) is 7.58. The number of para-hydroxylation sites is 1. The van der Waals surface area contributed by atoms with E-state index in [1.807, 2.05) is 54.6 Å². The third-order valence-electron chi connectivity index (χ3n) is 7.58. The molecule has 5 nitrogen and oxygen atoms in total. The molecule has 0 bridgehead atoms. The molecule has 0 aliphatic heterocycles. The van der Waals surface area contributed by atoms with E-state index in [4.69, 9.17) is 4.74 Å². The molecular formula is C34H47NO4. The highest BCUT2D eigenvalue weighted by atomic mass is 16.7. The van der Waals surface area contributed by atoms with Crippen molar-refractivity contribution in [2.75, 3.05) is 0 Å². The summed E-state index contributed by atoms with van der Waals surface area (Å²) in [6.07, 6.45) is 18.1. The predicted octanol–water partition coefficient (Wildman–Crippen LogP) is 10.2. The van der Waals surface area contributed by atoms with Crippen LogP contribution in [0, 0.1) is 0 Å². The second kappa shape index (κ2) is 17.5. The molecule has 3 rings (SSSR count). The summed E-state index contributed by atoms with van der Waals surface area (Å²) in [5.74, 6) is 0.0717. The number of carboxylic acid groups (broad SMARTS) is 1. The zero-order valence-corrected chi connectivity index (χ0v) is 23.8. The van der Waals surface area contributed by atoms with Crippen molar-refractivity contribution in [3.63, 3.8) is 0 Å². The summed E-state index contributed by atoms with van der Waals surface area (Å²) in [5.41, 5.74) is 2.20. The van der Waals surface area contributed by atoms with Gasteiger partial charge in [-0.3, -0.25) is 4.79 Å². The molecule has 2 aromatic carbocycles. The maximum atomic E-state index is 13.4. The number of rotatable bonds is 20. The van der Waals surface area contributed by atoms with Crippen molar-refractivity contribution in [3.8, 4) is 5.88 Å². The van der Waals surface area contributed by atoms with Crippen molar-refractivity contribution in [2.45, 2.75) is 116 Å². The van der Waals surface area contributed by atoms with Crippen LogP contribution in [0.15, 0.2) is 54.6 Å². The van der Waals surface area contributed by atoms with Gasteiger partial charge in [0.2, 0.25) is 5.88 Å². The highest BCUT2D eigenvalue weighted by Gasteiger charge is 2.25. The van der Waals surface area contributed by atoms with E-state index < -0.39 is 6.16 Å². The van der Waals surface area contributed by atoms with Gasteiger partial charge in [-0.1, -0.05) is 145 Å². The molecule has 0 amide bonds. The summed E-state index contributed by atoms with van der Waals surface area (Å²) in [6, 6.07) is 17.4. The topological polar surface area (TPSA) is 68.5 Å². The van der Waals surface area contributed by atoms with Crippen LogP contribution in [0.4, 0.5) is 4.79 Å². The lowest BCUT2D eigenvalue weighted by Gasteiger charge is -2.11. The normalized spacial score (nSPS) is 11.2. The molecule has 212 valence electrons. The van der Waals surface area contributed by atoms with Crippen LogP contribution in [-0.4, -0.2) is 21.6 Å². The molecule has 0 spiro atoms. The highest BCUT2D eigenvalue weighted by Crippen LogP contribution is 2.34. The summed E-state index contributed by atoms with van der Waals surface area (Å²) in [4.78, 5) is 25.0. The number of carbonyl (C=O) groups is 2. The second-order valence-corrected chi connectivity index (χ2v) is 10.8. The van der Waals surface area contributed by atoms with E-state index in [0.717, 1.165) is 35.7 Å². The summed E-state index contributed by atoms with van der Waals surface area (Å²) in [7, 11) is 0. The number of hydrogen-bond acceptors (Lipinski definition) is 3. The Balaban J connectivity index is 1.45. The first-order valence-electron chi connectivity index (χ1n) is 15.2. The number of benzene rings is 2. The monoisotopic (exact) mass is 533 g/mol. The fourth-order valence-electron chi connectivity index (χ4n) is 5.44. The van der Waals surface area contributed by atoms with Gasteiger partial charge in [-0.15, -0.1) is 0 Å². The van der Waals surface area contributed by atoms with Gasteiger partial charge in [0.1, 0.15) is 0 Å². The number of hydrogen-bond donors (Lipinski definition) is 1. The van der Waals surface area contributed by atoms with Gasteiger partial charge in [-0.2, -0.15) is 0 Å². The fourth-order valence-corrected chi connectivity index (χ4v) is 5.44. The van der Waals surface area contributed by atoms with Gasteiger partial charge in [-0.05, 0) is 18.1 Å². The van der Waals surface area contributed by atoms with Crippen molar-refractivity contribution in [1.82, 2.24) is 4.57 Å². The third kappa shape index (κ3) is 10.2. The van der Waals surface area contributed by atoms with E-state index >= 15 is 0 Å². The molecule has 0 saturated heterocycles. The highest BCUT2D eigenvalue weighted by molar-refractivity contribution is 6.11. The minimum atomic E-state index is -1.41. The number of unbranched alkanes of at least 4 members (excludes halogenated alkanes) is 14. The average Bonchev–Trinajstić information content (AvgIpc) is 3.23. The zero-order chi connectivity index (χ0) is 27.7. The lowest BCUT2D eigenvalue weighted by atomic mass is 10.0. The van der Waals surface area contributed by atoms with Crippen LogP contribution < -0.4 is 4.74 Å². The van der Waals surface area contributed by atoms with Crippen LogP contribution in [0.1, 0.15) is 126 Å². The number of Topliss-reactive ketones (excluding diaryl/α,β-unsaturated/α-hetero) is 1. The number of ether oxygens (including phenoxy) is 1. The maximum Gasteiger partial charge on any atom is 0.512 e. The lowest BCUT2D eigenvalue weighted by Crippen LogP contribution is -2.12. The summed E-state index contributed by atoms with van der Waals surface area (Å²) in [6.45, 7) is 2.69. The van der Waals surface area contributed by atoms with Gasteiger partial charge in [0, 0.05) is 11.8 Å². The largest absolute Gasteiger partial charge is 0.512 e. The van der Waals surface area contributed by atoms with E-state index in [0.29, 0.717) is 18.5 Å². The Bertz CT molecular complexity index is 1130. The number of nitrogens with zero attached hydrogens (tertiary/aromatic N) is 1. The first kappa shape index (κ1) is 30.5. The van der Waals surface area contributed by atoms with E-state index in [-0.39, 0.29) is 11.7 Å². The quantitative estimate of drug-likeness (QED) is 0.0891. The summed E-state index contributed by atoms with van der Waals surface area (Å²) in [5, 5.41) is 10.2. The van der Waals surface area contributed by atoms with Crippen LogP contribution in [0.25, 0.3) is 10.9 Å². The molecule has 0 aliphatic rings. The van der Waals surface area contributed by atoms with Gasteiger partial charge in [-0.25, -0.2) is 4.79 Å². The molecule has 1 N–H and O–H groups in total. The molecule has 3 aromatic rings. The minimum Gasteiger partial charge on any atom is -0.449 e. The van der Waals surface area contributed by atoms with Crippen molar-refractivity contribution in [2.24, 2.45) is 0 Å². The number of aromatic nitrogens is 1. The first-order valence-corrected chi connectivity index (χ1v) is 15.2. The van der Waals surface area contributed by atoms with E-state index in [1.165, 1.54) is 77.0 Å². The molecule has 0 aliphatic carbocycles. The number of carbonyl (C=O) groups excluding carboxylic acids is 1. The van der Waals surface area contributed by atoms with Crippen molar-refractivity contribution >= 4 is 22.8 Å². The summed E-state index contributed by atoms with van der Waals surface area (Å²) >= 11 is 0. The Labute approximate surface area is 234 Å². The van der Waals surface area contributed by atoms with Gasteiger partial charge >= 0.3 is 6.16 Å². The van der Waals surface area contributed by atoms with Crippen LogP contribution in [0.3, 0.4) is 0 Å². The van der Waals surface area contributed by atoms with Crippen molar-refractivity contribution < 1.29 is 19.4 Å². The van der Waals surface area contributed by atoms with Crippen LogP contribution in [0.5, 0.6) is 5.88 Å². The molecule has 1 aromatic heterocycles. The molecule has 0 fully saturated rings. The van der Waals surface area contributed by atoms with Crippen molar-refractivity contribution in [1.29, 1.82) is 0 Å². The molecule has 5 heteroatoms. The van der Waals surface area contributed by atoms with E-state index in [9.17, 15) is 14.7 Å². The Morgan fingerprint density at radius 2 is 1.21 bits per heavy atom. The summed E-state index contributed by atoms with van der Waals surface area (Å²) < 4.78 is 7.05. The van der Waals surface area contributed by atoms with Crippen LogP contribution in [0.2, 0.25) is 0 Å². The van der Waals surface area contributed by atoms with Gasteiger partial charge in [0.25, 0.3) is 0 Å². The molecule has 0 radical (unpaired) electrons. The molecule has 39 heavy (non-hydrogen) atoms. The minimum absolute atomic E-state index is 0.0519. The van der Waals surface area contributed by atoms with Gasteiger partial charge < -0.3 is 14.4 Å². The molecular weight excluding hydrogens is 486 g/mol. The second-order valence-electron chi connectivity index (χ2n) is 10.8. The van der Waals surface area contributed by atoms with Gasteiger partial charge in [0.15, 0.2) is 5.78 Å². The van der Waals surface area contributed by atoms with Crippen LogP contribution in [-0.2, 0) is 6.54 Å². The number of ketones is 1. The molecule has 0 saturated carbocycles. The first-order chi connectivity index (χ1) is 19.1. The standard InChI is InChI=1S/C34H47NO4/c1-2-3-4-5-6-7-8-9-10-11-12-13-14-15-19-26-31(36)32-29-24-20-21-25-30(29)35(33(32)39-34(37)38)27-28-22-17-16-18-23-28/h16-18,20-25H,2-15,19,26-27H2,1H3,(H,37,38).